The Kier molecular flexibility index (Phi) is 6.67. The van der Waals surface area contributed by atoms with E-state index in [1.807, 2.05) is 12.1 Å². The molecule has 0 heterocycles. The summed E-state index contributed by atoms with van der Waals surface area (Å²) in [5.74, 6) is 0.896. The van der Waals surface area contributed by atoms with Gasteiger partial charge in [-0.1, -0.05) is 95.1 Å². The van der Waals surface area contributed by atoms with Crippen LogP contribution in [0.5, 0.6) is 0 Å². The molecule has 29 heavy (non-hydrogen) atoms. The van der Waals surface area contributed by atoms with E-state index >= 15 is 0 Å². The number of Topliss-reactive ketones (excluding diaryl/α,β-unsaturated/α-hetero) is 2. The second-order valence-corrected chi connectivity index (χ2v) is 9.50. The van der Waals surface area contributed by atoms with Crippen molar-refractivity contribution in [2.45, 2.75) is 84.0 Å². The Morgan fingerprint density at radius 2 is 1.34 bits per heavy atom. The molecule has 4 atom stereocenters. The van der Waals surface area contributed by atoms with Crippen molar-refractivity contribution in [1.82, 2.24) is 0 Å². The van der Waals surface area contributed by atoms with E-state index in [-0.39, 0.29) is 23.4 Å². The van der Waals surface area contributed by atoms with Gasteiger partial charge in [0.2, 0.25) is 0 Å². The molecule has 2 bridgehead atoms. The zero-order chi connectivity index (χ0) is 20.2. The molecule has 0 aliphatic heterocycles. The van der Waals surface area contributed by atoms with Crippen LogP contribution in [0.1, 0.15) is 104 Å². The number of hydrogen-bond acceptors (Lipinski definition) is 2. The predicted molar refractivity (Wildman–Crippen MR) is 118 cm³/mol. The van der Waals surface area contributed by atoms with Crippen molar-refractivity contribution in [2.75, 3.05) is 0 Å². The van der Waals surface area contributed by atoms with Crippen molar-refractivity contribution in [3.05, 3.63) is 47.0 Å². The number of aryl methyl sites for hydroxylation is 1. The molecule has 2 nitrogen and oxygen atoms in total. The van der Waals surface area contributed by atoms with Gasteiger partial charge in [0, 0.05) is 23.0 Å². The van der Waals surface area contributed by atoms with Gasteiger partial charge in [0.15, 0.2) is 11.6 Å². The Labute approximate surface area is 176 Å². The lowest BCUT2D eigenvalue weighted by Crippen LogP contribution is -2.39. The molecule has 0 N–H and O–H groups in total. The summed E-state index contributed by atoms with van der Waals surface area (Å²) in [4.78, 5) is 26.5. The predicted octanol–water partition coefficient (Wildman–Crippen LogP) is 6.97. The maximum atomic E-state index is 13.4. The normalized spacial score (nSPS) is 26.8. The Bertz CT molecular complexity index is 775. The zero-order valence-electron chi connectivity index (χ0n) is 18.0. The fraction of sp³-hybridized carbons (Fsp3) is 0.630. The monoisotopic (exact) mass is 392 g/mol. The van der Waals surface area contributed by atoms with E-state index in [4.69, 9.17) is 0 Å². The number of ketones is 2. The van der Waals surface area contributed by atoms with Crippen molar-refractivity contribution in [1.29, 1.82) is 0 Å². The van der Waals surface area contributed by atoms with Gasteiger partial charge in [0.1, 0.15) is 0 Å². The van der Waals surface area contributed by atoms with E-state index in [9.17, 15) is 9.59 Å². The summed E-state index contributed by atoms with van der Waals surface area (Å²) in [5.41, 5.74) is 2.60. The molecule has 1 saturated carbocycles. The molecule has 3 aliphatic rings. The van der Waals surface area contributed by atoms with Crippen molar-refractivity contribution in [3.63, 3.8) is 0 Å². The van der Waals surface area contributed by atoms with Crippen molar-refractivity contribution in [2.24, 2.45) is 23.7 Å². The molecule has 3 aliphatic carbocycles. The smallest absolute Gasteiger partial charge is 0.168 e. The Morgan fingerprint density at radius 3 is 2.00 bits per heavy atom. The summed E-state index contributed by atoms with van der Waals surface area (Å²) in [6.45, 7) is 2.26. The first-order valence-corrected chi connectivity index (χ1v) is 12.1. The van der Waals surface area contributed by atoms with Gasteiger partial charge in [-0.3, -0.25) is 9.59 Å². The molecule has 0 spiro atoms. The van der Waals surface area contributed by atoms with Crippen molar-refractivity contribution in [3.8, 4) is 0 Å². The first-order valence-electron chi connectivity index (χ1n) is 12.1. The third-order valence-corrected chi connectivity index (χ3v) is 7.53. The largest absolute Gasteiger partial charge is 0.294 e. The van der Waals surface area contributed by atoms with Gasteiger partial charge >= 0.3 is 0 Å². The molecule has 0 aromatic heterocycles. The molecule has 0 saturated heterocycles. The van der Waals surface area contributed by atoms with Crippen LogP contribution in [0.15, 0.2) is 30.4 Å². The van der Waals surface area contributed by atoms with Crippen LogP contribution in [0.2, 0.25) is 0 Å². The van der Waals surface area contributed by atoms with Gasteiger partial charge in [-0.2, -0.15) is 0 Å². The number of allylic oxidation sites excluding steroid dienone is 2. The van der Waals surface area contributed by atoms with Crippen molar-refractivity contribution < 1.29 is 9.59 Å². The fourth-order valence-electron chi connectivity index (χ4n) is 5.99. The Balaban J connectivity index is 1.30. The van der Waals surface area contributed by atoms with Crippen LogP contribution >= 0.6 is 0 Å². The summed E-state index contributed by atoms with van der Waals surface area (Å²) in [5, 5.41) is 0. The molecule has 4 rings (SSSR count). The van der Waals surface area contributed by atoms with Gasteiger partial charge in [-0.25, -0.2) is 0 Å². The standard InChI is InChI=1S/C27H36O2/c1-2-3-4-5-6-7-8-9-10-11-13-19-14-12-15-22-23(19)27(29)25-21-17-16-20(18-21)24(25)26(22)28/h12,14-17,20-21,24-25H,2-11,13,18H2,1H3. The Hall–Kier alpha value is -1.70. The lowest BCUT2D eigenvalue weighted by atomic mass is 9.68. The molecule has 4 unspecified atom stereocenters. The first-order chi connectivity index (χ1) is 14.2. The van der Waals surface area contributed by atoms with Crippen LogP contribution in [-0.2, 0) is 6.42 Å². The van der Waals surface area contributed by atoms with Crippen LogP contribution in [-0.4, -0.2) is 11.6 Å². The molecule has 0 amide bonds. The maximum Gasteiger partial charge on any atom is 0.168 e. The van der Waals surface area contributed by atoms with Crippen LogP contribution in [0.25, 0.3) is 0 Å². The second kappa shape index (κ2) is 9.41. The van der Waals surface area contributed by atoms with Crippen LogP contribution in [0.3, 0.4) is 0 Å². The van der Waals surface area contributed by atoms with E-state index in [1.165, 1.54) is 57.8 Å². The highest BCUT2D eigenvalue weighted by Gasteiger charge is 2.54. The summed E-state index contributed by atoms with van der Waals surface area (Å²) >= 11 is 0. The van der Waals surface area contributed by atoms with E-state index in [0.717, 1.165) is 30.4 Å². The molecular weight excluding hydrogens is 356 g/mol. The lowest BCUT2D eigenvalue weighted by Gasteiger charge is -2.32. The minimum absolute atomic E-state index is 0.0844. The number of carbonyl (C=O) groups is 2. The zero-order valence-corrected chi connectivity index (χ0v) is 18.0. The van der Waals surface area contributed by atoms with Crippen molar-refractivity contribution >= 4 is 11.6 Å². The number of unbranched alkanes of at least 4 members (excludes halogenated alkanes) is 9. The number of hydrogen-bond donors (Lipinski definition) is 0. The average molecular weight is 393 g/mol. The minimum atomic E-state index is -0.0856. The first kappa shape index (κ1) is 20.6. The molecule has 2 heteroatoms. The van der Waals surface area contributed by atoms with E-state index in [0.29, 0.717) is 17.4 Å². The Morgan fingerprint density at radius 1 is 0.759 bits per heavy atom. The minimum Gasteiger partial charge on any atom is -0.294 e. The number of carbonyl (C=O) groups excluding carboxylic acids is 2. The summed E-state index contributed by atoms with van der Waals surface area (Å²) in [7, 11) is 0. The van der Waals surface area contributed by atoms with Gasteiger partial charge in [-0.05, 0) is 36.7 Å². The van der Waals surface area contributed by atoms with E-state index < -0.39 is 0 Å². The summed E-state index contributed by atoms with van der Waals surface area (Å²) < 4.78 is 0. The van der Waals surface area contributed by atoms with E-state index in [2.05, 4.69) is 25.1 Å². The second-order valence-electron chi connectivity index (χ2n) is 9.50. The molecule has 1 aromatic rings. The molecular formula is C27H36O2. The highest BCUT2D eigenvalue weighted by Crippen LogP contribution is 2.53. The van der Waals surface area contributed by atoms with Crippen LogP contribution in [0, 0.1) is 23.7 Å². The number of fused-ring (bicyclic) bond motifs is 6. The quantitative estimate of drug-likeness (QED) is 0.301. The highest BCUT2D eigenvalue weighted by molar-refractivity contribution is 6.17. The highest BCUT2D eigenvalue weighted by atomic mass is 16.1. The van der Waals surface area contributed by atoms with Gasteiger partial charge in [0.25, 0.3) is 0 Å². The third kappa shape index (κ3) is 4.13. The number of benzene rings is 1. The molecule has 1 aromatic carbocycles. The van der Waals surface area contributed by atoms with Gasteiger partial charge < -0.3 is 0 Å². The van der Waals surface area contributed by atoms with Crippen LogP contribution < -0.4 is 0 Å². The van der Waals surface area contributed by atoms with Crippen LogP contribution in [0.4, 0.5) is 0 Å². The maximum absolute atomic E-state index is 13.4. The van der Waals surface area contributed by atoms with Gasteiger partial charge in [-0.15, -0.1) is 0 Å². The molecule has 0 radical (unpaired) electrons. The van der Waals surface area contributed by atoms with Gasteiger partial charge in [0.05, 0.1) is 0 Å². The number of rotatable bonds is 11. The topological polar surface area (TPSA) is 34.1 Å². The average Bonchev–Trinajstić information content (AvgIpc) is 3.35. The lowest BCUT2D eigenvalue weighted by molar-refractivity contribution is 0.0719. The fourth-order valence-corrected chi connectivity index (χ4v) is 5.99. The molecule has 1 fully saturated rings. The molecule has 156 valence electrons. The SMILES string of the molecule is CCCCCCCCCCCCc1cccc2c1C(=O)C1C3C=CC(C3)C1C2=O. The van der Waals surface area contributed by atoms with E-state index in [1.54, 1.807) is 0 Å². The summed E-state index contributed by atoms with van der Waals surface area (Å²) in [6.07, 6.45) is 19.5. The summed E-state index contributed by atoms with van der Waals surface area (Å²) in [6, 6.07) is 5.96. The third-order valence-electron chi connectivity index (χ3n) is 7.53.